The van der Waals surface area contributed by atoms with E-state index >= 15 is 0 Å². The molecule has 0 atom stereocenters. The number of amides is 2. The Morgan fingerprint density at radius 3 is 2.55 bits per heavy atom. The van der Waals surface area contributed by atoms with Crippen molar-refractivity contribution >= 4 is 11.8 Å². The highest BCUT2D eigenvalue weighted by atomic mass is 16.3. The van der Waals surface area contributed by atoms with E-state index in [-0.39, 0.29) is 18.4 Å². The van der Waals surface area contributed by atoms with Crippen LogP contribution in [0.25, 0.3) is 0 Å². The summed E-state index contributed by atoms with van der Waals surface area (Å²) in [5.74, 6) is -0.0410. The molecule has 1 saturated carbocycles. The minimum absolute atomic E-state index is 0.00871. The third-order valence-electron chi connectivity index (χ3n) is 4.56. The summed E-state index contributed by atoms with van der Waals surface area (Å²) >= 11 is 0. The topological polar surface area (TPSA) is 57.6 Å². The van der Waals surface area contributed by atoms with E-state index in [4.69, 9.17) is 5.11 Å². The van der Waals surface area contributed by atoms with E-state index in [0.29, 0.717) is 13.0 Å². The fraction of sp³-hybridized carbons (Fsp3) is 0.500. The Bertz CT molecular complexity index is 546. The second kappa shape index (κ2) is 5.02. The lowest BCUT2D eigenvalue weighted by atomic mass is 9.84. The summed E-state index contributed by atoms with van der Waals surface area (Å²) in [6.45, 7) is 0.299. The second-order valence-corrected chi connectivity index (χ2v) is 5.93. The third-order valence-corrected chi connectivity index (χ3v) is 4.56. The predicted molar refractivity (Wildman–Crippen MR) is 73.4 cm³/mol. The molecule has 4 heteroatoms. The van der Waals surface area contributed by atoms with Crippen LogP contribution in [0, 0.1) is 5.41 Å². The van der Waals surface area contributed by atoms with Gasteiger partial charge in [-0.05, 0) is 24.0 Å². The summed E-state index contributed by atoms with van der Waals surface area (Å²) < 4.78 is 0. The number of imide groups is 1. The van der Waals surface area contributed by atoms with Crippen molar-refractivity contribution in [3.63, 3.8) is 0 Å². The molecule has 0 radical (unpaired) electrons. The molecule has 106 valence electrons. The first-order valence-electron chi connectivity index (χ1n) is 7.18. The highest BCUT2D eigenvalue weighted by molar-refractivity contribution is 6.05. The van der Waals surface area contributed by atoms with Crippen molar-refractivity contribution in [1.29, 1.82) is 0 Å². The Hall–Kier alpha value is -1.68. The van der Waals surface area contributed by atoms with Crippen molar-refractivity contribution in [3.05, 3.63) is 35.4 Å². The molecule has 3 rings (SSSR count). The molecule has 1 aromatic carbocycles. The van der Waals surface area contributed by atoms with Crippen LogP contribution in [0.5, 0.6) is 0 Å². The maximum atomic E-state index is 12.6. The summed E-state index contributed by atoms with van der Waals surface area (Å²) in [5, 5.41) is 9.15. The van der Waals surface area contributed by atoms with E-state index in [9.17, 15) is 9.59 Å². The lowest BCUT2D eigenvalue weighted by Gasteiger charge is -2.21. The molecule has 0 unspecified atom stereocenters. The fourth-order valence-electron chi connectivity index (χ4n) is 3.47. The molecule has 1 aromatic rings. The Kier molecular flexibility index (Phi) is 3.34. The van der Waals surface area contributed by atoms with Crippen LogP contribution in [0.15, 0.2) is 24.3 Å². The van der Waals surface area contributed by atoms with Gasteiger partial charge in [0.1, 0.15) is 0 Å². The van der Waals surface area contributed by atoms with E-state index in [1.807, 2.05) is 24.3 Å². The maximum Gasteiger partial charge on any atom is 0.236 e. The zero-order chi connectivity index (χ0) is 14.2. The van der Waals surface area contributed by atoms with Gasteiger partial charge in [-0.2, -0.15) is 0 Å². The van der Waals surface area contributed by atoms with Gasteiger partial charge in [-0.25, -0.2) is 0 Å². The van der Waals surface area contributed by atoms with Gasteiger partial charge < -0.3 is 5.11 Å². The van der Waals surface area contributed by atoms with E-state index in [1.54, 1.807) is 0 Å². The standard InChI is InChI=1S/C16H19NO3/c18-11-13-5-3-4-12(8-13)10-17-14(19)9-16(15(17)20)6-1-2-7-16/h3-5,8,18H,1-2,6-7,9-11H2. The van der Waals surface area contributed by atoms with Crippen LogP contribution in [0.3, 0.4) is 0 Å². The SMILES string of the molecule is O=C1CC2(CCCC2)C(=O)N1Cc1cccc(CO)c1. The van der Waals surface area contributed by atoms with Crippen LogP contribution in [-0.2, 0) is 22.7 Å². The molecule has 1 spiro atoms. The van der Waals surface area contributed by atoms with Gasteiger partial charge in [-0.3, -0.25) is 14.5 Å². The number of aliphatic hydroxyl groups excluding tert-OH is 1. The minimum Gasteiger partial charge on any atom is -0.392 e. The summed E-state index contributed by atoms with van der Waals surface area (Å²) in [7, 11) is 0. The molecular weight excluding hydrogens is 254 g/mol. The molecule has 4 nitrogen and oxygen atoms in total. The number of likely N-dealkylation sites (tertiary alicyclic amines) is 1. The Balaban J connectivity index is 1.80. The molecule has 1 aliphatic carbocycles. The molecule has 1 N–H and O–H groups in total. The summed E-state index contributed by atoms with van der Waals surface area (Å²) in [5.41, 5.74) is 1.30. The molecule has 2 aliphatic rings. The normalized spacial score (nSPS) is 21.1. The molecule has 1 aliphatic heterocycles. The van der Waals surface area contributed by atoms with Gasteiger partial charge in [-0.1, -0.05) is 37.1 Å². The van der Waals surface area contributed by atoms with Crippen molar-refractivity contribution in [2.24, 2.45) is 5.41 Å². The van der Waals surface area contributed by atoms with Gasteiger partial charge >= 0.3 is 0 Å². The van der Waals surface area contributed by atoms with Crippen LogP contribution in [0.1, 0.15) is 43.2 Å². The van der Waals surface area contributed by atoms with Gasteiger partial charge in [-0.15, -0.1) is 0 Å². The summed E-state index contributed by atoms with van der Waals surface area (Å²) in [6, 6.07) is 7.41. The van der Waals surface area contributed by atoms with Crippen molar-refractivity contribution in [1.82, 2.24) is 4.90 Å². The van der Waals surface area contributed by atoms with E-state index in [2.05, 4.69) is 0 Å². The largest absolute Gasteiger partial charge is 0.392 e. The minimum atomic E-state index is -0.397. The summed E-state index contributed by atoms with van der Waals surface area (Å²) in [4.78, 5) is 26.1. The van der Waals surface area contributed by atoms with E-state index in [1.165, 1.54) is 4.90 Å². The lowest BCUT2D eigenvalue weighted by molar-refractivity contribution is -0.142. The molecule has 2 fully saturated rings. The van der Waals surface area contributed by atoms with Crippen LogP contribution in [-0.4, -0.2) is 21.8 Å². The zero-order valence-electron chi connectivity index (χ0n) is 11.5. The molecule has 0 bridgehead atoms. The predicted octanol–water partition coefficient (Wildman–Crippen LogP) is 2.00. The highest BCUT2D eigenvalue weighted by Gasteiger charge is 2.52. The smallest absolute Gasteiger partial charge is 0.236 e. The van der Waals surface area contributed by atoms with E-state index in [0.717, 1.165) is 36.8 Å². The number of aliphatic hydroxyl groups is 1. The first-order chi connectivity index (χ1) is 9.64. The molecule has 1 saturated heterocycles. The molecule has 2 amide bonds. The third kappa shape index (κ3) is 2.14. The number of hydrogen-bond donors (Lipinski definition) is 1. The number of carbonyl (C=O) groups excluding carboxylic acids is 2. The van der Waals surface area contributed by atoms with E-state index < -0.39 is 5.41 Å². The first kappa shape index (κ1) is 13.3. The van der Waals surface area contributed by atoms with Crippen LogP contribution < -0.4 is 0 Å². The van der Waals surface area contributed by atoms with Gasteiger partial charge in [0.25, 0.3) is 0 Å². The van der Waals surface area contributed by atoms with Crippen molar-refractivity contribution < 1.29 is 14.7 Å². The van der Waals surface area contributed by atoms with Gasteiger partial charge in [0.05, 0.1) is 18.6 Å². The van der Waals surface area contributed by atoms with Crippen molar-refractivity contribution in [2.45, 2.75) is 45.3 Å². The number of rotatable bonds is 3. The molecule has 20 heavy (non-hydrogen) atoms. The van der Waals surface area contributed by atoms with Crippen LogP contribution >= 0.6 is 0 Å². The van der Waals surface area contributed by atoms with Crippen LogP contribution in [0.4, 0.5) is 0 Å². The average Bonchev–Trinajstić information content (AvgIpc) is 3.01. The fourth-order valence-corrected chi connectivity index (χ4v) is 3.47. The maximum absolute atomic E-state index is 12.6. The average molecular weight is 273 g/mol. The molecule has 1 heterocycles. The Morgan fingerprint density at radius 2 is 1.85 bits per heavy atom. The number of hydrogen-bond acceptors (Lipinski definition) is 3. The van der Waals surface area contributed by atoms with Gasteiger partial charge in [0.2, 0.25) is 11.8 Å². The second-order valence-electron chi connectivity index (χ2n) is 5.93. The quantitative estimate of drug-likeness (QED) is 0.857. The monoisotopic (exact) mass is 273 g/mol. The van der Waals surface area contributed by atoms with Crippen LogP contribution in [0.2, 0.25) is 0 Å². The molecule has 0 aromatic heterocycles. The molecular formula is C16H19NO3. The number of benzene rings is 1. The zero-order valence-corrected chi connectivity index (χ0v) is 11.5. The number of carbonyl (C=O) groups is 2. The summed E-state index contributed by atoms with van der Waals surface area (Å²) in [6.07, 6.45) is 4.18. The first-order valence-corrected chi connectivity index (χ1v) is 7.18. The van der Waals surface area contributed by atoms with Crippen molar-refractivity contribution in [2.75, 3.05) is 0 Å². The Morgan fingerprint density at radius 1 is 1.15 bits per heavy atom. The highest BCUT2D eigenvalue weighted by Crippen LogP contribution is 2.47. The lowest BCUT2D eigenvalue weighted by Crippen LogP contribution is -2.33. The van der Waals surface area contributed by atoms with Gasteiger partial charge in [0.15, 0.2) is 0 Å². The van der Waals surface area contributed by atoms with Crippen molar-refractivity contribution in [3.8, 4) is 0 Å². The van der Waals surface area contributed by atoms with Gasteiger partial charge in [0, 0.05) is 6.42 Å². The Labute approximate surface area is 118 Å². The number of nitrogens with zero attached hydrogens (tertiary/aromatic N) is 1.